The van der Waals surface area contributed by atoms with Gasteiger partial charge in [-0.3, -0.25) is 0 Å². The topological polar surface area (TPSA) is 38.9 Å². The molecule has 0 bridgehead atoms. The predicted octanol–water partition coefficient (Wildman–Crippen LogP) is 3.36. The third-order valence-electron chi connectivity index (χ3n) is 1.79. The van der Waals surface area contributed by atoms with E-state index in [1.807, 2.05) is 0 Å². The Kier molecular flexibility index (Phi) is 3.57. The van der Waals surface area contributed by atoms with Crippen LogP contribution in [0.15, 0.2) is 6.07 Å². The maximum absolute atomic E-state index is 12.4. The number of alkyl halides is 6. The third kappa shape index (κ3) is 2.52. The monoisotopic (exact) mass is 260 g/mol. The van der Waals surface area contributed by atoms with Gasteiger partial charge in [0, 0.05) is 0 Å². The number of hydrogen-bond donors (Lipinski definition) is 1. The normalized spacial score (nSPS) is 12.2. The number of nitrogen functional groups attached to an aromatic ring is 1. The van der Waals surface area contributed by atoms with Crippen molar-refractivity contribution >= 4 is 17.3 Å². The van der Waals surface area contributed by atoms with Crippen LogP contribution in [0.1, 0.15) is 23.4 Å². The van der Waals surface area contributed by atoms with Crippen LogP contribution in [0.2, 0.25) is 0 Å². The van der Waals surface area contributed by atoms with Crippen LogP contribution in [0.25, 0.3) is 0 Å². The molecule has 0 aromatic carbocycles. The van der Waals surface area contributed by atoms with Crippen molar-refractivity contribution in [2.24, 2.45) is 0 Å². The molecule has 0 aliphatic heterocycles. The van der Waals surface area contributed by atoms with Crippen LogP contribution < -0.4 is 5.73 Å². The molecule has 0 spiro atoms. The molecule has 1 aromatic rings. The molecule has 0 atom stereocenters. The molecule has 2 nitrogen and oxygen atoms in total. The van der Waals surface area contributed by atoms with Gasteiger partial charge in [-0.1, -0.05) is 0 Å². The van der Waals surface area contributed by atoms with Gasteiger partial charge in [-0.05, 0) is 6.07 Å². The molecule has 0 amide bonds. The quantitative estimate of drug-likeness (QED) is 0.654. The zero-order valence-corrected chi connectivity index (χ0v) is 8.41. The summed E-state index contributed by atoms with van der Waals surface area (Å²) in [6.07, 6.45) is -8.25. The molecule has 8 heteroatoms. The van der Waals surface area contributed by atoms with E-state index in [1.165, 1.54) is 0 Å². The van der Waals surface area contributed by atoms with Gasteiger partial charge in [0.05, 0.1) is 22.8 Å². The van der Waals surface area contributed by atoms with Crippen LogP contribution in [0.4, 0.5) is 27.6 Å². The van der Waals surface area contributed by atoms with Gasteiger partial charge in [-0.15, -0.1) is 11.6 Å². The van der Waals surface area contributed by atoms with Crippen molar-refractivity contribution in [3.05, 3.63) is 23.0 Å². The summed E-state index contributed by atoms with van der Waals surface area (Å²) in [4.78, 5) is 3.02. The summed E-state index contributed by atoms with van der Waals surface area (Å²) in [6.45, 7) is 0. The number of nitrogens with two attached hydrogens (primary N) is 1. The summed E-state index contributed by atoms with van der Waals surface area (Å²) in [7, 11) is 0. The highest BCUT2D eigenvalue weighted by atomic mass is 35.5. The van der Waals surface area contributed by atoms with Gasteiger partial charge in [-0.2, -0.15) is 13.2 Å². The van der Waals surface area contributed by atoms with E-state index < -0.39 is 23.9 Å². The fourth-order valence-corrected chi connectivity index (χ4v) is 1.30. The Balaban J connectivity index is 3.43. The summed E-state index contributed by atoms with van der Waals surface area (Å²) in [5.74, 6) is -0.377. The van der Waals surface area contributed by atoms with Crippen molar-refractivity contribution in [3.8, 4) is 0 Å². The van der Waals surface area contributed by atoms with Crippen LogP contribution in [0, 0.1) is 0 Å². The number of hydrogen-bond acceptors (Lipinski definition) is 2. The lowest BCUT2D eigenvalue weighted by Crippen LogP contribution is -2.15. The zero-order valence-electron chi connectivity index (χ0n) is 7.65. The Labute approximate surface area is 92.2 Å². The molecule has 0 saturated heterocycles. The molecule has 0 fully saturated rings. The molecule has 16 heavy (non-hydrogen) atoms. The van der Waals surface area contributed by atoms with Crippen molar-refractivity contribution in [1.29, 1.82) is 0 Å². The van der Waals surface area contributed by atoms with E-state index >= 15 is 0 Å². The molecule has 0 radical (unpaired) electrons. The number of aromatic nitrogens is 1. The van der Waals surface area contributed by atoms with Crippen LogP contribution in [-0.2, 0) is 12.1 Å². The van der Waals surface area contributed by atoms with Crippen molar-refractivity contribution < 1.29 is 22.0 Å². The van der Waals surface area contributed by atoms with Gasteiger partial charge in [0.2, 0.25) is 0 Å². The lowest BCUT2D eigenvalue weighted by Gasteiger charge is -2.13. The highest BCUT2D eigenvalue weighted by Gasteiger charge is 2.38. The van der Waals surface area contributed by atoms with Crippen molar-refractivity contribution in [3.63, 3.8) is 0 Å². The molecule has 2 N–H and O–H groups in total. The maximum atomic E-state index is 12.4. The lowest BCUT2D eigenvalue weighted by molar-refractivity contribution is -0.143. The van der Waals surface area contributed by atoms with E-state index in [0.29, 0.717) is 6.07 Å². The Bertz CT molecular complexity index is 391. The van der Waals surface area contributed by atoms with E-state index in [1.54, 1.807) is 0 Å². The van der Waals surface area contributed by atoms with Crippen LogP contribution in [0.3, 0.4) is 0 Å². The minimum absolute atomic E-state index is 0.265. The molecule has 0 unspecified atom stereocenters. The van der Waals surface area contributed by atoms with Gasteiger partial charge in [0.25, 0.3) is 6.43 Å². The predicted molar refractivity (Wildman–Crippen MR) is 48.2 cm³/mol. The van der Waals surface area contributed by atoms with Crippen molar-refractivity contribution in [2.45, 2.75) is 18.5 Å². The first-order chi connectivity index (χ1) is 7.27. The Morgan fingerprint density at radius 2 is 1.94 bits per heavy atom. The molecule has 1 rings (SSSR count). The van der Waals surface area contributed by atoms with Gasteiger partial charge in [0.1, 0.15) is 0 Å². The molecule has 0 saturated carbocycles. The first kappa shape index (κ1) is 13.0. The number of halogens is 6. The summed E-state index contributed by atoms with van der Waals surface area (Å²) in [6, 6.07) is 0.554. The largest absolute Gasteiger partial charge is 0.433 e. The minimum Gasteiger partial charge on any atom is -0.397 e. The highest BCUT2D eigenvalue weighted by molar-refractivity contribution is 6.17. The fourth-order valence-electron chi connectivity index (χ4n) is 1.08. The van der Waals surface area contributed by atoms with Crippen LogP contribution in [-0.4, -0.2) is 4.98 Å². The molecule has 1 aromatic heterocycles. The second kappa shape index (κ2) is 4.40. The summed E-state index contributed by atoms with van der Waals surface area (Å²) in [5.41, 5.74) is 1.81. The second-order valence-corrected chi connectivity index (χ2v) is 3.16. The number of nitrogens with zero attached hydrogens (tertiary/aromatic N) is 1. The average Bonchev–Trinajstić information content (AvgIpc) is 2.15. The molecule has 0 aliphatic carbocycles. The first-order valence-corrected chi connectivity index (χ1v) is 4.51. The standard InChI is InChI=1S/C8H6ClF5N2/c9-2-5-4(15)1-3(7(10)11)6(16-5)8(12,13)14/h1,7H,2,15H2. The number of rotatable bonds is 2. The molecule has 90 valence electrons. The number of anilines is 1. The van der Waals surface area contributed by atoms with E-state index in [2.05, 4.69) is 4.98 Å². The van der Waals surface area contributed by atoms with Crippen LogP contribution >= 0.6 is 11.6 Å². The average molecular weight is 261 g/mol. The summed E-state index contributed by atoms with van der Waals surface area (Å²) < 4.78 is 61.8. The Morgan fingerprint density at radius 1 is 1.38 bits per heavy atom. The van der Waals surface area contributed by atoms with Crippen LogP contribution in [0.5, 0.6) is 0 Å². The first-order valence-electron chi connectivity index (χ1n) is 3.98. The van der Waals surface area contributed by atoms with E-state index in [9.17, 15) is 22.0 Å². The van der Waals surface area contributed by atoms with E-state index in [4.69, 9.17) is 17.3 Å². The van der Waals surface area contributed by atoms with Crippen molar-refractivity contribution in [1.82, 2.24) is 4.98 Å². The SMILES string of the molecule is Nc1cc(C(F)F)c(C(F)(F)F)nc1CCl. The Hall–Kier alpha value is -1.11. The molecular formula is C8H6ClF5N2. The zero-order chi connectivity index (χ0) is 12.5. The highest BCUT2D eigenvalue weighted by Crippen LogP contribution is 2.36. The maximum Gasteiger partial charge on any atom is 0.433 e. The fraction of sp³-hybridized carbons (Fsp3) is 0.375. The van der Waals surface area contributed by atoms with Gasteiger partial charge in [-0.25, -0.2) is 13.8 Å². The Morgan fingerprint density at radius 3 is 2.31 bits per heavy atom. The lowest BCUT2D eigenvalue weighted by atomic mass is 10.1. The van der Waals surface area contributed by atoms with Crippen molar-refractivity contribution in [2.75, 3.05) is 5.73 Å². The number of pyridine rings is 1. The van der Waals surface area contributed by atoms with Gasteiger partial charge < -0.3 is 5.73 Å². The summed E-state index contributed by atoms with van der Waals surface area (Å²) in [5, 5.41) is 0. The van der Waals surface area contributed by atoms with E-state index in [-0.39, 0.29) is 17.3 Å². The molecule has 1 heterocycles. The van der Waals surface area contributed by atoms with E-state index in [0.717, 1.165) is 0 Å². The third-order valence-corrected chi connectivity index (χ3v) is 2.05. The summed E-state index contributed by atoms with van der Waals surface area (Å²) >= 11 is 5.29. The minimum atomic E-state index is -4.96. The molecular weight excluding hydrogens is 255 g/mol. The van der Waals surface area contributed by atoms with Gasteiger partial charge in [0.15, 0.2) is 5.69 Å². The van der Waals surface area contributed by atoms with Gasteiger partial charge >= 0.3 is 6.18 Å². The molecule has 0 aliphatic rings. The second-order valence-electron chi connectivity index (χ2n) is 2.89. The smallest absolute Gasteiger partial charge is 0.397 e.